The van der Waals surface area contributed by atoms with E-state index < -0.39 is 0 Å². The van der Waals surface area contributed by atoms with Crippen molar-refractivity contribution < 1.29 is 4.74 Å². The molecule has 0 saturated heterocycles. The van der Waals surface area contributed by atoms with E-state index in [-0.39, 0.29) is 0 Å². The van der Waals surface area contributed by atoms with Crippen molar-refractivity contribution in [3.63, 3.8) is 0 Å². The van der Waals surface area contributed by atoms with Crippen LogP contribution < -0.4 is 10.5 Å². The molecule has 4 heteroatoms. The van der Waals surface area contributed by atoms with Gasteiger partial charge < -0.3 is 10.5 Å². The van der Waals surface area contributed by atoms with Gasteiger partial charge in [-0.3, -0.25) is 4.90 Å². The Morgan fingerprint density at radius 2 is 1.95 bits per heavy atom. The number of hydrogen-bond acceptors (Lipinski definition) is 4. The Balaban J connectivity index is 2.08. The molecule has 0 aliphatic carbocycles. The third kappa shape index (κ3) is 3.74. The maximum atomic E-state index is 8.99. The van der Waals surface area contributed by atoms with Crippen LogP contribution in [-0.4, -0.2) is 19.1 Å². The van der Waals surface area contributed by atoms with Gasteiger partial charge in [-0.25, -0.2) is 0 Å². The van der Waals surface area contributed by atoms with Crippen LogP contribution in [0.25, 0.3) is 0 Å². The summed E-state index contributed by atoms with van der Waals surface area (Å²) in [5.41, 5.74) is 9.53. The first kappa shape index (κ1) is 14.9. The topological polar surface area (TPSA) is 62.3 Å². The molecule has 0 aromatic heterocycles. The number of nitrogens with two attached hydrogens (primary N) is 1. The Kier molecular flexibility index (Phi) is 4.81. The summed E-state index contributed by atoms with van der Waals surface area (Å²) in [7, 11) is 3.62. The largest absolute Gasteiger partial charge is 0.495 e. The lowest BCUT2D eigenvalue weighted by molar-refractivity contribution is 0.318. The fourth-order valence-electron chi connectivity index (χ4n) is 2.26. The lowest BCUT2D eigenvalue weighted by atomic mass is 10.1. The summed E-state index contributed by atoms with van der Waals surface area (Å²) < 4.78 is 5.23. The van der Waals surface area contributed by atoms with Crippen molar-refractivity contribution in [3.8, 4) is 11.8 Å². The smallest absolute Gasteiger partial charge is 0.136 e. The zero-order valence-corrected chi connectivity index (χ0v) is 12.3. The first-order valence-corrected chi connectivity index (χ1v) is 6.73. The van der Waals surface area contributed by atoms with Gasteiger partial charge in [0, 0.05) is 18.8 Å². The van der Waals surface area contributed by atoms with Gasteiger partial charge in [0.2, 0.25) is 0 Å². The fourth-order valence-corrected chi connectivity index (χ4v) is 2.26. The Bertz CT molecular complexity index is 661. The Hall–Kier alpha value is -2.51. The predicted octanol–water partition coefficient (Wildman–Crippen LogP) is 2.78. The van der Waals surface area contributed by atoms with Gasteiger partial charge in [-0.05, 0) is 36.4 Å². The van der Waals surface area contributed by atoms with Gasteiger partial charge in [-0.2, -0.15) is 5.26 Å². The molecule has 0 amide bonds. The van der Waals surface area contributed by atoms with Crippen molar-refractivity contribution in [2.45, 2.75) is 13.1 Å². The van der Waals surface area contributed by atoms with Gasteiger partial charge in [0.1, 0.15) is 11.8 Å². The SMILES string of the molecule is COc1cc(CN(C)Cc2ccccc2N)ccc1C#N. The molecule has 0 spiro atoms. The van der Waals surface area contributed by atoms with E-state index in [1.807, 2.05) is 43.4 Å². The molecule has 0 unspecified atom stereocenters. The monoisotopic (exact) mass is 281 g/mol. The maximum Gasteiger partial charge on any atom is 0.136 e. The highest BCUT2D eigenvalue weighted by Crippen LogP contribution is 2.21. The molecule has 108 valence electrons. The van der Waals surface area contributed by atoms with Crippen LogP contribution in [0, 0.1) is 11.3 Å². The minimum atomic E-state index is 0.552. The van der Waals surface area contributed by atoms with Gasteiger partial charge in [0.25, 0.3) is 0 Å². The Labute approximate surface area is 125 Å². The molecule has 0 saturated carbocycles. The van der Waals surface area contributed by atoms with Crippen LogP contribution in [0.5, 0.6) is 5.75 Å². The van der Waals surface area contributed by atoms with Crippen molar-refractivity contribution in [1.82, 2.24) is 4.90 Å². The number of rotatable bonds is 5. The van der Waals surface area contributed by atoms with E-state index in [9.17, 15) is 0 Å². The van der Waals surface area contributed by atoms with Crippen LogP contribution in [0.2, 0.25) is 0 Å². The standard InChI is InChI=1S/C17H19N3O/c1-20(12-15-5-3-4-6-16(15)19)11-13-7-8-14(10-18)17(9-13)21-2/h3-9H,11-12,19H2,1-2H3. The molecule has 0 heterocycles. The number of benzene rings is 2. The second-order valence-electron chi connectivity index (χ2n) is 5.02. The highest BCUT2D eigenvalue weighted by atomic mass is 16.5. The zero-order valence-electron chi connectivity index (χ0n) is 12.3. The predicted molar refractivity (Wildman–Crippen MR) is 83.7 cm³/mol. The van der Waals surface area contributed by atoms with Crippen molar-refractivity contribution >= 4 is 5.69 Å². The van der Waals surface area contributed by atoms with Crippen molar-refractivity contribution in [3.05, 3.63) is 59.2 Å². The first-order valence-electron chi connectivity index (χ1n) is 6.73. The van der Waals surface area contributed by atoms with Crippen molar-refractivity contribution in [2.75, 3.05) is 19.9 Å². The Morgan fingerprint density at radius 1 is 1.19 bits per heavy atom. The van der Waals surface area contributed by atoms with Crippen LogP contribution in [-0.2, 0) is 13.1 Å². The zero-order chi connectivity index (χ0) is 15.2. The molecule has 2 rings (SSSR count). The van der Waals surface area contributed by atoms with E-state index in [2.05, 4.69) is 11.0 Å². The molecule has 4 nitrogen and oxygen atoms in total. The summed E-state index contributed by atoms with van der Waals surface area (Å²) >= 11 is 0. The third-order valence-corrected chi connectivity index (χ3v) is 3.33. The molecule has 0 fully saturated rings. The average Bonchev–Trinajstić information content (AvgIpc) is 2.49. The quantitative estimate of drug-likeness (QED) is 0.856. The molecule has 2 aromatic rings. The highest BCUT2D eigenvalue weighted by Gasteiger charge is 2.07. The highest BCUT2D eigenvalue weighted by molar-refractivity contribution is 5.47. The molecule has 0 aliphatic rings. The minimum absolute atomic E-state index is 0.552. The number of hydrogen-bond donors (Lipinski definition) is 1. The number of nitrogens with zero attached hydrogens (tertiary/aromatic N) is 2. The first-order chi connectivity index (χ1) is 10.1. The summed E-state index contributed by atoms with van der Waals surface area (Å²) in [5, 5.41) is 8.99. The molecular formula is C17H19N3O. The number of methoxy groups -OCH3 is 1. The van der Waals surface area contributed by atoms with E-state index in [0.29, 0.717) is 11.3 Å². The minimum Gasteiger partial charge on any atom is -0.495 e. The lowest BCUT2D eigenvalue weighted by Gasteiger charge is -2.18. The van der Waals surface area contributed by atoms with Crippen molar-refractivity contribution in [1.29, 1.82) is 5.26 Å². The van der Waals surface area contributed by atoms with E-state index in [1.54, 1.807) is 13.2 Å². The molecule has 2 aromatic carbocycles. The fraction of sp³-hybridized carbons (Fsp3) is 0.235. The van der Waals surface area contributed by atoms with Crippen LogP contribution >= 0.6 is 0 Å². The number of nitriles is 1. The van der Waals surface area contributed by atoms with Gasteiger partial charge >= 0.3 is 0 Å². The molecule has 21 heavy (non-hydrogen) atoms. The average molecular weight is 281 g/mol. The van der Waals surface area contributed by atoms with Gasteiger partial charge in [0.05, 0.1) is 12.7 Å². The Morgan fingerprint density at radius 3 is 2.62 bits per heavy atom. The van der Waals surface area contributed by atoms with E-state index >= 15 is 0 Å². The van der Waals surface area contributed by atoms with Gasteiger partial charge in [-0.1, -0.05) is 24.3 Å². The normalized spacial score (nSPS) is 10.4. The van der Waals surface area contributed by atoms with Crippen LogP contribution in [0.4, 0.5) is 5.69 Å². The molecular weight excluding hydrogens is 262 g/mol. The van der Waals surface area contributed by atoms with E-state index in [0.717, 1.165) is 29.9 Å². The maximum absolute atomic E-state index is 8.99. The number of ether oxygens (including phenoxy) is 1. The molecule has 0 atom stereocenters. The molecule has 2 N–H and O–H groups in total. The summed E-state index contributed by atoms with van der Waals surface area (Å²) in [6.07, 6.45) is 0. The van der Waals surface area contributed by atoms with E-state index in [4.69, 9.17) is 15.7 Å². The second-order valence-corrected chi connectivity index (χ2v) is 5.02. The van der Waals surface area contributed by atoms with Crippen LogP contribution in [0.1, 0.15) is 16.7 Å². The summed E-state index contributed by atoms with van der Waals surface area (Å²) in [6, 6.07) is 15.6. The van der Waals surface area contributed by atoms with Crippen molar-refractivity contribution in [2.24, 2.45) is 0 Å². The van der Waals surface area contributed by atoms with Crippen LogP contribution in [0.15, 0.2) is 42.5 Å². The van der Waals surface area contributed by atoms with E-state index in [1.165, 1.54) is 0 Å². The summed E-state index contributed by atoms with van der Waals surface area (Å²) in [4.78, 5) is 2.17. The number of anilines is 1. The van der Waals surface area contributed by atoms with Crippen LogP contribution in [0.3, 0.4) is 0 Å². The van der Waals surface area contributed by atoms with Gasteiger partial charge in [-0.15, -0.1) is 0 Å². The number of para-hydroxylation sites is 1. The number of nitrogen functional groups attached to an aromatic ring is 1. The second kappa shape index (κ2) is 6.78. The van der Waals surface area contributed by atoms with Gasteiger partial charge in [0.15, 0.2) is 0 Å². The third-order valence-electron chi connectivity index (χ3n) is 3.33. The molecule has 0 radical (unpaired) electrons. The lowest BCUT2D eigenvalue weighted by Crippen LogP contribution is -2.18. The summed E-state index contributed by atoms with van der Waals surface area (Å²) in [5.74, 6) is 0.614. The molecule has 0 aliphatic heterocycles. The molecule has 0 bridgehead atoms. The summed E-state index contributed by atoms with van der Waals surface area (Å²) in [6.45, 7) is 1.53.